The summed E-state index contributed by atoms with van der Waals surface area (Å²) in [4.78, 5) is 74.0. The first kappa shape index (κ1) is 78.4. The zero-order valence-electron chi connectivity index (χ0n) is 64.4. The summed E-state index contributed by atoms with van der Waals surface area (Å²) in [5, 5.41) is 0. The number of rotatable bonds is 24. The molecule has 17 aromatic rings. The molecule has 0 fully saturated rings. The van der Waals surface area contributed by atoms with Crippen molar-refractivity contribution in [2.75, 3.05) is 0 Å². The molecular formula is C106H82O8Sb4. The van der Waals surface area contributed by atoms with Crippen LogP contribution in [-0.2, 0) is 12.1 Å². The van der Waals surface area contributed by atoms with Gasteiger partial charge in [0.25, 0.3) is 0 Å². The first-order valence-corrected chi connectivity index (χ1v) is 63.8. The van der Waals surface area contributed by atoms with Crippen molar-refractivity contribution in [1.29, 1.82) is 0 Å². The molecule has 0 heterocycles. The van der Waals surface area contributed by atoms with E-state index in [0.717, 1.165) is 0 Å². The van der Waals surface area contributed by atoms with E-state index in [1.807, 2.05) is 485 Å². The van der Waals surface area contributed by atoms with Gasteiger partial charge in [0, 0.05) is 0 Å². The van der Waals surface area contributed by atoms with E-state index in [1.165, 1.54) is 12.1 Å². The summed E-state index contributed by atoms with van der Waals surface area (Å²) in [6.07, 6.45) is 0. The first-order valence-electron chi connectivity index (χ1n) is 39.2. The van der Waals surface area contributed by atoms with E-state index in [-0.39, 0.29) is 0 Å². The molecule has 0 unspecified atom stereocenters. The maximum atomic E-state index is 18.5. The topological polar surface area (TPSA) is 105 Å². The molecule has 0 aliphatic carbocycles. The molecule has 0 aliphatic rings. The van der Waals surface area contributed by atoms with Crippen molar-refractivity contribution >= 4 is 151 Å². The minimum absolute atomic E-state index is 0.407. The Kier molecular flexibility index (Phi) is 21.8. The van der Waals surface area contributed by atoms with Crippen LogP contribution in [0, 0.1) is 0 Å². The van der Waals surface area contributed by atoms with E-state index in [4.69, 9.17) is 12.1 Å². The molecule has 8 nitrogen and oxygen atoms in total. The third-order valence-corrected chi connectivity index (χ3v) is 87.8. The van der Waals surface area contributed by atoms with Crippen LogP contribution >= 0.6 is 0 Å². The molecule has 17 aromatic carbocycles. The third kappa shape index (κ3) is 12.2. The Bertz CT molecular complexity index is 4920. The summed E-state index contributed by atoms with van der Waals surface area (Å²) in [5.74, 6) is -4.04. The average Bonchev–Trinajstić information content (AvgIpc) is 0.694. The third-order valence-electron chi connectivity index (χ3n) is 23.1. The maximum absolute atomic E-state index is 18.5. The Morgan fingerprint density at radius 2 is 0.203 bits per heavy atom. The van der Waals surface area contributed by atoms with Crippen molar-refractivity contribution in [3.63, 3.8) is 0 Å². The second kappa shape index (κ2) is 32.8. The second-order valence-electron chi connectivity index (χ2n) is 29.0. The van der Waals surface area contributed by atoms with Crippen LogP contribution in [0.3, 0.4) is 0 Å². The quantitative estimate of drug-likeness (QED) is 0.0551. The van der Waals surface area contributed by atoms with Gasteiger partial charge in [0.1, 0.15) is 0 Å². The van der Waals surface area contributed by atoms with Crippen LogP contribution < -0.4 is 56.2 Å². The van der Waals surface area contributed by atoms with Crippen molar-refractivity contribution in [1.82, 2.24) is 0 Å². The van der Waals surface area contributed by atoms with Gasteiger partial charge in [0.15, 0.2) is 0 Å². The number of carbonyl (C=O) groups excluding carboxylic acids is 4. The predicted octanol–water partition coefficient (Wildman–Crippen LogP) is 12.4. The van der Waals surface area contributed by atoms with Gasteiger partial charge in [-0.2, -0.15) is 0 Å². The normalized spacial score (nSPS) is 12.9. The van der Waals surface area contributed by atoms with E-state index in [0.29, 0.717) is 56.2 Å². The zero-order chi connectivity index (χ0) is 80.5. The van der Waals surface area contributed by atoms with Crippen LogP contribution in [0.1, 0.15) is 41.4 Å². The molecule has 0 aromatic heterocycles. The van der Waals surface area contributed by atoms with Crippen LogP contribution in [0.4, 0.5) is 0 Å². The van der Waals surface area contributed by atoms with Gasteiger partial charge in [-0.15, -0.1) is 0 Å². The summed E-state index contributed by atoms with van der Waals surface area (Å²) >= 11 is -26.3. The Hall–Kier alpha value is -12.1. The van der Waals surface area contributed by atoms with Crippen LogP contribution in [-0.4, -0.2) is 95.1 Å². The summed E-state index contributed by atoms with van der Waals surface area (Å²) in [6, 6.07) is 161. The molecule has 574 valence electrons. The predicted molar refractivity (Wildman–Crippen MR) is 488 cm³/mol. The summed E-state index contributed by atoms with van der Waals surface area (Å²) in [6.45, 7) is 0. The fourth-order valence-corrected chi connectivity index (χ4v) is 81.9. The molecule has 0 aliphatic heterocycles. The van der Waals surface area contributed by atoms with Gasteiger partial charge in [0.2, 0.25) is 0 Å². The molecule has 118 heavy (non-hydrogen) atoms. The van der Waals surface area contributed by atoms with Gasteiger partial charge >= 0.3 is 702 Å². The molecule has 0 spiro atoms. The van der Waals surface area contributed by atoms with Gasteiger partial charge in [0.05, 0.1) is 0 Å². The Labute approximate surface area is 694 Å². The van der Waals surface area contributed by atoms with Gasteiger partial charge < -0.3 is 0 Å². The number of benzene rings is 17. The van der Waals surface area contributed by atoms with Gasteiger partial charge in [-0.25, -0.2) is 0 Å². The molecule has 0 bridgehead atoms. The number of hydrogen-bond donors (Lipinski definition) is 0. The Morgan fingerprint density at radius 3 is 0.280 bits per heavy atom. The van der Waals surface area contributed by atoms with Crippen LogP contribution in [0.25, 0.3) is 0 Å². The monoisotopic (exact) mass is 1970 g/mol. The summed E-state index contributed by atoms with van der Waals surface area (Å²) in [7, 11) is 0. The Morgan fingerprint density at radius 1 is 0.127 bits per heavy atom. The van der Waals surface area contributed by atoms with Crippen molar-refractivity contribution in [3.8, 4) is 0 Å². The van der Waals surface area contributed by atoms with Crippen LogP contribution in [0.15, 0.2) is 497 Å². The van der Waals surface area contributed by atoms with Crippen LogP contribution in [0.2, 0.25) is 0 Å². The van der Waals surface area contributed by atoms with Crippen molar-refractivity contribution < 1.29 is 31.2 Å². The zero-order valence-corrected chi connectivity index (χ0v) is 74.6. The number of hydrogen-bond acceptors (Lipinski definition) is 8. The molecule has 0 saturated carbocycles. The Balaban J connectivity index is 1.06. The van der Waals surface area contributed by atoms with Gasteiger partial charge in [-0.1, -0.05) is 0 Å². The van der Waals surface area contributed by atoms with Crippen molar-refractivity contribution in [2.45, 2.75) is 0 Å². The van der Waals surface area contributed by atoms with E-state index < -0.39 is 117 Å². The van der Waals surface area contributed by atoms with Gasteiger partial charge in [-0.3, -0.25) is 0 Å². The van der Waals surface area contributed by atoms with E-state index in [9.17, 15) is 0 Å². The fourth-order valence-electron chi connectivity index (χ4n) is 18.0. The summed E-state index contributed by atoms with van der Waals surface area (Å²) in [5.41, 5.74) is -1.63. The summed E-state index contributed by atoms with van der Waals surface area (Å²) < 4.78 is 44.7. The molecule has 17 rings (SSSR count). The van der Waals surface area contributed by atoms with E-state index in [2.05, 4.69) is 0 Å². The average molecular weight is 1970 g/mol. The SMILES string of the molecule is O=C([O][Sb]([c]1ccccc1)([c]1ccccc1)([c]1ccccc1)[c]1ccccc1)c1cc(C(=O)[O][Sb]([c]2ccccc2)([c]2ccccc2)([c]2ccccc2)[c]2ccccc2)c(C(=O)[O][Sb]([c]2ccccc2)([c]2ccccc2)([c]2ccccc2)[c]2ccccc2)cc1C(=O)[O][Sb]([c]1ccccc1)([c]1ccccc1)([c]1ccccc1)[c]1ccccc1. The van der Waals surface area contributed by atoms with Crippen LogP contribution in [0.5, 0.6) is 0 Å². The fraction of sp³-hybridized carbons (Fsp3) is 0. The molecular weight excluding hydrogens is 1890 g/mol. The number of carbonyl (C=O) groups is 4. The van der Waals surface area contributed by atoms with Crippen molar-refractivity contribution in [2.24, 2.45) is 0 Å². The molecule has 0 saturated heterocycles. The molecule has 12 heteroatoms. The van der Waals surface area contributed by atoms with E-state index >= 15 is 19.2 Å². The minimum atomic E-state index is -6.58. The van der Waals surface area contributed by atoms with Gasteiger partial charge in [-0.05, 0) is 0 Å². The standard InChI is InChI=1S/C10H6O8.16C6H5.4Sb/c11-7(12)3-1-4(8(13)14)6(10(17)18)2-5(3)9(15)16;16*1-2-4-6-5-3-1;;;;/h1-2H,(H,11,12)(H,13,14)(H,15,16)(H,17,18);16*1-5H;;;;/q;;;;;;;;;;;;;;;;;4*+1/p-4. The molecule has 0 radical (unpaired) electrons. The molecule has 0 N–H and O–H groups in total. The second-order valence-corrected chi connectivity index (χ2v) is 78.3. The van der Waals surface area contributed by atoms with E-state index in [1.54, 1.807) is 0 Å². The first-order chi connectivity index (χ1) is 58.0. The molecule has 0 atom stereocenters. The van der Waals surface area contributed by atoms with Crippen molar-refractivity contribution in [3.05, 3.63) is 520 Å². The molecule has 0 amide bonds.